The molecule has 0 bridgehead atoms. The highest BCUT2D eigenvalue weighted by Gasteiger charge is 2.12. The molecule has 2 aromatic rings. The maximum Gasteiger partial charge on any atom is 0.255 e. The molecule has 0 aromatic heterocycles. The van der Waals surface area contributed by atoms with Crippen LogP contribution in [0.2, 0.25) is 0 Å². The van der Waals surface area contributed by atoms with E-state index in [0.717, 1.165) is 11.3 Å². The molecule has 23 heavy (non-hydrogen) atoms. The van der Waals surface area contributed by atoms with Crippen LogP contribution in [0.4, 0.5) is 5.69 Å². The first-order valence-corrected chi connectivity index (χ1v) is 7.68. The molecule has 2 aromatic carbocycles. The van der Waals surface area contributed by atoms with Gasteiger partial charge in [-0.15, -0.1) is 0 Å². The van der Waals surface area contributed by atoms with E-state index in [1.165, 1.54) is 0 Å². The van der Waals surface area contributed by atoms with Crippen LogP contribution >= 0.6 is 0 Å². The largest absolute Gasteiger partial charge is 0.493 e. The Balaban J connectivity index is 2.12. The van der Waals surface area contributed by atoms with E-state index in [1.54, 1.807) is 25.3 Å². The van der Waals surface area contributed by atoms with E-state index in [4.69, 9.17) is 9.47 Å². The second-order valence-electron chi connectivity index (χ2n) is 5.89. The normalized spacial score (nSPS) is 10.5. The van der Waals surface area contributed by atoms with Gasteiger partial charge < -0.3 is 14.8 Å². The van der Waals surface area contributed by atoms with Gasteiger partial charge in [-0.05, 0) is 43.2 Å². The van der Waals surface area contributed by atoms with Gasteiger partial charge in [-0.3, -0.25) is 4.79 Å². The molecule has 1 amide bonds. The molecule has 0 unspecified atom stereocenters. The van der Waals surface area contributed by atoms with Crippen molar-refractivity contribution in [3.05, 3.63) is 53.6 Å². The van der Waals surface area contributed by atoms with Crippen molar-refractivity contribution in [1.29, 1.82) is 0 Å². The number of methoxy groups -OCH3 is 1. The molecule has 0 saturated heterocycles. The summed E-state index contributed by atoms with van der Waals surface area (Å²) in [7, 11) is 1.57. The van der Waals surface area contributed by atoms with Gasteiger partial charge in [0.05, 0.1) is 13.7 Å². The molecular formula is C19H23NO3. The smallest absolute Gasteiger partial charge is 0.255 e. The molecule has 2 rings (SSSR count). The lowest BCUT2D eigenvalue weighted by atomic mass is 10.1. The Morgan fingerprint density at radius 1 is 1.09 bits per heavy atom. The Morgan fingerprint density at radius 2 is 1.78 bits per heavy atom. The third-order valence-corrected chi connectivity index (χ3v) is 3.31. The highest BCUT2D eigenvalue weighted by molar-refractivity contribution is 6.04. The summed E-state index contributed by atoms with van der Waals surface area (Å²) in [5.41, 5.74) is 2.44. The lowest BCUT2D eigenvalue weighted by Crippen LogP contribution is -2.12. The Morgan fingerprint density at radius 3 is 2.39 bits per heavy atom. The number of anilines is 1. The van der Waals surface area contributed by atoms with E-state index in [0.29, 0.717) is 29.6 Å². The van der Waals surface area contributed by atoms with Gasteiger partial charge in [-0.2, -0.15) is 0 Å². The quantitative estimate of drug-likeness (QED) is 0.865. The zero-order valence-electron chi connectivity index (χ0n) is 14.1. The minimum absolute atomic E-state index is 0.178. The van der Waals surface area contributed by atoms with Gasteiger partial charge in [0.25, 0.3) is 5.91 Å². The first-order valence-electron chi connectivity index (χ1n) is 7.68. The van der Waals surface area contributed by atoms with E-state index in [2.05, 4.69) is 19.2 Å². The van der Waals surface area contributed by atoms with Crippen LogP contribution in [0.1, 0.15) is 29.8 Å². The molecule has 4 heteroatoms. The van der Waals surface area contributed by atoms with Crippen LogP contribution in [0.15, 0.2) is 42.5 Å². The summed E-state index contributed by atoms with van der Waals surface area (Å²) in [6.07, 6.45) is 0. The zero-order chi connectivity index (χ0) is 16.8. The zero-order valence-corrected chi connectivity index (χ0v) is 14.1. The predicted molar refractivity (Wildman–Crippen MR) is 92.5 cm³/mol. The van der Waals surface area contributed by atoms with Crippen molar-refractivity contribution in [3.8, 4) is 11.5 Å². The number of benzene rings is 2. The number of nitrogens with one attached hydrogen (secondary N) is 1. The molecule has 1 N–H and O–H groups in total. The molecule has 0 heterocycles. The third kappa shape index (κ3) is 4.74. The van der Waals surface area contributed by atoms with E-state index in [1.807, 2.05) is 31.2 Å². The molecule has 0 spiro atoms. The Bertz CT molecular complexity index is 663. The fourth-order valence-electron chi connectivity index (χ4n) is 2.02. The Labute approximate surface area is 137 Å². The van der Waals surface area contributed by atoms with Crippen LogP contribution in [0.3, 0.4) is 0 Å². The minimum atomic E-state index is -0.178. The van der Waals surface area contributed by atoms with E-state index in [-0.39, 0.29) is 5.91 Å². The van der Waals surface area contributed by atoms with Crippen molar-refractivity contribution in [2.75, 3.05) is 19.0 Å². The standard InChI is InChI=1S/C19H23NO3/c1-13(2)12-23-17-10-7-15(11-18(17)22-4)19(21)20-16-8-5-14(3)6-9-16/h5-11,13H,12H2,1-4H3,(H,20,21). The van der Waals surface area contributed by atoms with Crippen LogP contribution in [0, 0.1) is 12.8 Å². The van der Waals surface area contributed by atoms with Gasteiger partial charge in [0.1, 0.15) is 0 Å². The minimum Gasteiger partial charge on any atom is -0.493 e. The van der Waals surface area contributed by atoms with Gasteiger partial charge in [0.15, 0.2) is 11.5 Å². The first kappa shape index (κ1) is 16.9. The molecule has 0 aliphatic heterocycles. The number of ether oxygens (including phenoxy) is 2. The second-order valence-corrected chi connectivity index (χ2v) is 5.89. The molecular weight excluding hydrogens is 290 g/mol. The monoisotopic (exact) mass is 313 g/mol. The Hall–Kier alpha value is -2.49. The van der Waals surface area contributed by atoms with Crippen molar-refractivity contribution >= 4 is 11.6 Å². The number of carbonyl (C=O) groups excluding carboxylic acids is 1. The number of hydrogen-bond acceptors (Lipinski definition) is 3. The fourth-order valence-corrected chi connectivity index (χ4v) is 2.02. The van der Waals surface area contributed by atoms with E-state index < -0.39 is 0 Å². The highest BCUT2D eigenvalue weighted by Crippen LogP contribution is 2.28. The molecule has 0 aliphatic carbocycles. The van der Waals surface area contributed by atoms with E-state index >= 15 is 0 Å². The molecule has 0 atom stereocenters. The van der Waals surface area contributed by atoms with Crippen LogP contribution in [-0.2, 0) is 0 Å². The number of rotatable bonds is 6. The van der Waals surface area contributed by atoms with Crippen molar-refractivity contribution in [2.24, 2.45) is 5.92 Å². The van der Waals surface area contributed by atoms with Crippen LogP contribution in [0.5, 0.6) is 11.5 Å². The SMILES string of the molecule is COc1cc(C(=O)Nc2ccc(C)cc2)ccc1OCC(C)C. The fraction of sp³-hybridized carbons (Fsp3) is 0.316. The number of amides is 1. The van der Waals surface area contributed by atoms with Crippen LogP contribution in [-0.4, -0.2) is 19.6 Å². The van der Waals surface area contributed by atoms with E-state index in [9.17, 15) is 4.79 Å². The Kier molecular flexibility index (Phi) is 5.63. The summed E-state index contributed by atoms with van der Waals surface area (Å²) >= 11 is 0. The van der Waals surface area contributed by atoms with Gasteiger partial charge in [0.2, 0.25) is 0 Å². The maximum atomic E-state index is 12.3. The van der Waals surface area contributed by atoms with Crippen molar-refractivity contribution < 1.29 is 14.3 Å². The number of carbonyl (C=O) groups is 1. The molecule has 4 nitrogen and oxygen atoms in total. The predicted octanol–water partition coefficient (Wildman–Crippen LogP) is 4.29. The highest BCUT2D eigenvalue weighted by atomic mass is 16.5. The van der Waals surface area contributed by atoms with Gasteiger partial charge in [-0.25, -0.2) is 0 Å². The summed E-state index contributed by atoms with van der Waals surface area (Å²) in [5, 5.41) is 2.87. The first-order chi connectivity index (χ1) is 11.0. The average Bonchev–Trinajstić information content (AvgIpc) is 2.54. The average molecular weight is 313 g/mol. The molecule has 0 saturated carbocycles. The lowest BCUT2D eigenvalue weighted by Gasteiger charge is -2.13. The van der Waals surface area contributed by atoms with Crippen molar-refractivity contribution in [2.45, 2.75) is 20.8 Å². The summed E-state index contributed by atoms with van der Waals surface area (Å²) in [6, 6.07) is 12.9. The summed E-state index contributed by atoms with van der Waals surface area (Å²) in [6.45, 7) is 6.77. The van der Waals surface area contributed by atoms with Crippen LogP contribution in [0.25, 0.3) is 0 Å². The summed E-state index contributed by atoms with van der Waals surface area (Å²) in [4.78, 5) is 12.3. The van der Waals surface area contributed by atoms with Gasteiger partial charge >= 0.3 is 0 Å². The molecule has 122 valence electrons. The summed E-state index contributed by atoms with van der Waals surface area (Å²) in [5.74, 6) is 1.45. The van der Waals surface area contributed by atoms with Gasteiger partial charge in [0, 0.05) is 11.3 Å². The van der Waals surface area contributed by atoms with Gasteiger partial charge in [-0.1, -0.05) is 31.5 Å². The second kappa shape index (κ2) is 7.68. The summed E-state index contributed by atoms with van der Waals surface area (Å²) < 4.78 is 11.0. The van der Waals surface area contributed by atoms with Crippen LogP contribution < -0.4 is 14.8 Å². The molecule has 0 aliphatic rings. The third-order valence-electron chi connectivity index (χ3n) is 3.31. The topological polar surface area (TPSA) is 47.6 Å². The maximum absolute atomic E-state index is 12.3. The molecule has 0 fully saturated rings. The van der Waals surface area contributed by atoms with Crippen molar-refractivity contribution in [3.63, 3.8) is 0 Å². The number of hydrogen-bond donors (Lipinski definition) is 1. The van der Waals surface area contributed by atoms with Crippen molar-refractivity contribution in [1.82, 2.24) is 0 Å². The molecule has 0 radical (unpaired) electrons. The number of aryl methyl sites for hydroxylation is 1. The lowest BCUT2D eigenvalue weighted by molar-refractivity contribution is 0.102.